The molecule has 0 aliphatic carbocycles. The Morgan fingerprint density at radius 2 is 2.31 bits per heavy atom. The SMILES string of the molecule is C=Cn1nc(-c2ccc(C)s2)cc1/N=C\C. The molecule has 0 radical (unpaired) electrons. The van der Waals surface area contributed by atoms with Crippen molar-refractivity contribution >= 4 is 29.6 Å². The van der Waals surface area contributed by atoms with Crippen molar-refractivity contribution in [1.82, 2.24) is 9.78 Å². The van der Waals surface area contributed by atoms with Crippen LogP contribution in [0.15, 0.2) is 29.8 Å². The number of thiophene rings is 1. The summed E-state index contributed by atoms with van der Waals surface area (Å²) in [4.78, 5) is 6.68. The van der Waals surface area contributed by atoms with E-state index in [1.165, 1.54) is 4.88 Å². The Labute approximate surface area is 98.8 Å². The first kappa shape index (κ1) is 10.8. The predicted molar refractivity (Wildman–Crippen MR) is 70.5 cm³/mol. The molecule has 3 nitrogen and oxygen atoms in total. The van der Waals surface area contributed by atoms with E-state index in [1.54, 1.807) is 28.4 Å². The van der Waals surface area contributed by atoms with Crippen molar-refractivity contribution in [3.05, 3.63) is 29.7 Å². The minimum Gasteiger partial charge on any atom is -0.242 e. The predicted octanol–water partition coefficient (Wildman–Crippen LogP) is 3.74. The first-order valence-corrected chi connectivity index (χ1v) is 5.84. The van der Waals surface area contributed by atoms with Gasteiger partial charge in [0.25, 0.3) is 0 Å². The minimum atomic E-state index is 0.804. The van der Waals surface area contributed by atoms with Crippen LogP contribution in [0.25, 0.3) is 16.8 Å². The number of rotatable bonds is 3. The van der Waals surface area contributed by atoms with E-state index < -0.39 is 0 Å². The van der Waals surface area contributed by atoms with Gasteiger partial charge in [0.15, 0.2) is 5.82 Å². The van der Waals surface area contributed by atoms with Crippen molar-refractivity contribution in [1.29, 1.82) is 0 Å². The molecule has 0 N–H and O–H groups in total. The van der Waals surface area contributed by atoms with Crippen LogP contribution >= 0.6 is 11.3 Å². The first-order valence-electron chi connectivity index (χ1n) is 5.02. The fourth-order valence-electron chi connectivity index (χ4n) is 1.44. The maximum atomic E-state index is 4.43. The summed E-state index contributed by atoms with van der Waals surface area (Å²) >= 11 is 1.73. The Kier molecular flexibility index (Phi) is 3.01. The molecule has 4 heteroatoms. The number of aryl methyl sites for hydroxylation is 1. The Hall–Kier alpha value is -1.68. The molecule has 2 rings (SSSR count). The van der Waals surface area contributed by atoms with Gasteiger partial charge < -0.3 is 0 Å². The van der Waals surface area contributed by atoms with Gasteiger partial charge in [0.05, 0.1) is 4.88 Å². The molecule has 0 atom stereocenters. The molecule has 2 heterocycles. The van der Waals surface area contributed by atoms with Crippen LogP contribution in [0.4, 0.5) is 5.82 Å². The van der Waals surface area contributed by atoms with Crippen LogP contribution in [0.3, 0.4) is 0 Å². The lowest BCUT2D eigenvalue weighted by Crippen LogP contribution is -1.86. The second-order valence-electron chi connectivity index (χ2n) is 3.31. The van der Waals surface area contributed by atoms with E-state index in [2.05, 4.69) is 35.7 Å². The van der Waals surface area contributed by atoms with Crippen LogP contribution in [0, 0.1) is 6.92 Å². The maximum absolute atomic E-state index is 4.43. The number of hydrogen-bond donors (Lipinski definition) is 0. The van der Waals surface area contributed by atoms with Gasteiger partial charge >= 0.3 is 0 Å². The summed E-state index contributed by atoms with van der Waals surface area (Å²) in [6.07, 6.45) is 3.41. The topological polar surface area (TPSA) is 30.2 Å². The Morgan fingerprint density at radius 1 is 1.50 bits per heavy atom. The number of hydrogen-bond acceptors (Lipinski definition) is 3. The van der Waals surface area contributed by atoms with E-state index in [1.807, 2.05) is 13.0 Å². The van der Waals surface area contributed by atoms with Gasteiger partial charge in [-0.2, -0.15) is 5.10 Å². The van der Waals surface area contributed by atoms with Gasteiger partial charge in [-0.1, -0.05) is 6.58 Å². The van der Waals surface area contributed by atoms with Crippen molar-refractivity contribution in [3.63, 3.8) is 0 Å². The van der Waals surface area contributed by atoms with Gasteiger partial charge in [-0.25, -0.2) is 9.67 Å². The standard InChI is InChI=1S/C12H13N3S/c1-4-13-12-8-10(14-15(12)5-2)11-7-6-9(3)16-11/h4-8H,2H2,1,3H3/b13-4-. The van der Waals surface area contributed by atoms with E-state index in [9.17, 15) is 0 Å². The molecule has 0 amide bonds. The zero-order valence-electron chi connectivity index (χ0n) is 9.34. The second kappa shape index (κ2) is 4.45. The molecule has 0 fully saturated rings. The fourth-order valence-corrected chi connectivity index (χ4v) is 2.26. The van der Waals surface area contributed by atoms with Crippen molar-refractivity contribution in [2.24, 2.45) is 4.99 Å². The molecular formula is C12H13N3S. The van der Waals surface area contributed by atoms with E-state index in [4.69, 9.17) is 0 Å². The lowest BCUT2D eigenvalue weighted by Gasteiger charge is -1.92. The molecule has 0 aliphatic heterocycles. The van der Waals surface area contributed by atoms with Crippen LogP contribution < -0.4 is 0 Å². The Bertz CT molecular complexity index is 534. The van der Waals surface area contributed by atoms with Gasteiger partial charge in [0, 0.05) is 23.4 Å². The quantitative estimate of drug-likeness (QED) is 0.740. The molecule has 0 saturated carbocycles. The zero-order chi connectivity index (χ0) is 11.5. The van der Waals surface area contributed by atoms with Crippen LogP contribution in [0.2, 0.25) is 0 Å². The molecule has 0 aromatic carbocycles. The normalized spacial score (nSPS) is 11.1. The Morgan fingerprint density at radius 3 is 2.88 bits per heavy atom. The van der Waals surface area contributed by atoms with Crippen LogP contribution in [-0.4, -0.2) is 16.0 Å². The van der Waals surface area contributed by atoms with E-state index in [0.717, 1.165) is 16.4 Å². The van der Waals surface area contributed by atoms with Gasteiger partial charge in [-0.3, -0.25) is 0 Å². The van der Waals surface area contributed by atoms with E-state index >= 15 is 0 Å². The summed E-state index contributed by atoms with van der Waals surface area (Å²) < 4.78 is 1.68. The zero-order valence-corrected chi connectivity index (χ0v) is 10.2. The second-order valence-corrected chi connectivity index (χ2v) is 4.60. The van der Waals surface area contributed by atoms with Gasteiger partial charge in [0.1, 0.15) is 5.69 Å². The number of aromatic nitrogens is 2. The molecule has 0 spiro atoms. The van der Waals surface area contributed by atoms with Crippen molar-refractivity contribution < 1.29 is 0 Å². The lowest BCUT2D eigenvalue weighted by molar-refractivity contribution is 0.940. The number of aliphatic imine (C=N–C) groups is 1. The molecule has 2 aromatic heterocycles. The highest BCUT2D eigenvalue weighted by Gasteiger charge is 2.08. The third kappa shape index (κ3) is 1.97. The molecular weight excluding hydrogens is 218 g/mol. The molecule has 82 valence electrons. The van der Waals surface area contributed by atoms with Gasteiger partial charge in [-0.15, -0.1) is 11.3 Å². The van der Waals surface area contributed by atoms with Gasteiger partial charge in [-0.05, 0) is 26.0 Å². The van der Waals surface area contributed by atoms with E-state index in [-0.39, 0.29) is 0 Å². The summed E-state index contributed by atoms with van der Waals surface area (Å²) in [5, 5.41) is 4.43. The minimum absolute atomic E-state index is 0.804. The summed E-state index contributed by atoms with van der Waals surface area (Å²) in [5.74, 6) is 0.804. The molecule has 0 bridgehead atoms. The highest BCUT2D eigenvalue weighted by atomic mass is 32.1. The highest BCUT2D eigenvalue weighted by Crippen LogP contribution is 2.29. The molecule has 16 heavy (non-hydrogen) atoms. The summed E-state index contributed by atoms with van der Waals surface area (Å²) in [6, 6.07) is 6.14. The average molecular weight is 231 g/mol. The average Bonchev–Trinajstić information content (AvgIpc) is 2.85. The van der Waals surface area contributed by atoms with Crippen LogP contribution in [-0.2, 0) is 0 Å². The third-order valence-corrected chi connectivity index (χ3v) is 3.17. The van der Waals surface area contributed by atoms with Crippen molar-refractivity contribution in [3.8, 4) is 10.6 Å². The third-order valence-electron chi connectivity index (χ3n) is 2.14. The smallest absolute Gasteiger partial charge is 0.155 e. The maximum Gasteiger partial charge on any atom is 0.155 e. The first-order chi connectivity index (χ1) is 7.74. The summed E-state index contributed by atoms with van der Waals surface area (Å²) in [5.41, 5.74) is 0.943. The Balaban J connectivity index is 2.47. The largest absolute Gasteiger partial charge is 0.242 e. The molecule has 0 saturated heterocycles. The lowest BCUT2D eigenvalue weighted by atomic mass is 10.3. The molecule has 0 aliphatic rings. The summed E-state index contributed by atoms with van der Waals surface area (Å²) in [6.45, 7) is 7.69. The summed E-state index contributed by atoms with van der Waals surface area (Å²) in [7, 11) is 0. The van der Waals surface area contributed by atoms with Crippen LogP contribution in [0.1, 0.15) is 11.8 Å². The van der Waals surface area contributed by atoms with Crippen molar-refractivity contribution in [2.45, 2.75) is 13.8 Å². The van der Waals surface area contributed by atoms with E-state index in [0.29, 0.717) is 0 Å². The van der Waals surface area contributed by atoms with Crippen LogP contribution in [0.5, 0.6) is 0 Å². The number of nitrogens with zero attached hydrogens (tertiary/aromatic N) is 3. The van der Waals surface area contributed by atoms with Gasteiger partial charge in [0.2, 0.25) is 0 Å². The highest BCUT2D eigenvalue weighted by molar-refractivity contribution is 7.15. The van der Waals surface area contributed by atoms with Crippen molar-refractivity contribution in [2.75, 3.05) is 0 Å². The monoisotopic (exact) mass is 231 g/mol. The molecule has 0 unspecified atom stereocenters. The fraction of sp³-hybridized carbons (Fsp3) is 0.167. The molecule has 2 aromatic rings.